The fraction of sp³-hybridized carbons (Fsp3) is 0.357. The Morgan fingerprint density at radius 1 is 1.32 bits per heavy atom. The second-order valence-corrected chi connectivity index (χ2v) is 5.95. The number of rotatable bonds is 2. The lowest BCUT2D eigenvalue weighted by atomic mass is 10.1. The van der Waals surface area contributed by atoms with Crippen LogP contribution in [0, 0.1) is 11.3 Å². The van der Waals surface area contributed by atoms with Gasteiger partial charge >= 0.3 is 6.16 Å². The third-order valence-corrected chi connectivity index (χ3v) is 3.65. The van der Waals surface area contributed by atoms with Gasteiger partial charge in [-0.2, -0.15) is 0 Å². The van der Waals surface area contributed by atoms with Gasteiger partial charge in [-0.15, -0.1) is 0 Å². The van der Waals surface area contributed by atoms with E-state index in [-0.39, 0.29) is 0 Å². The second kappa shape index (κ2) is 6.31. The van der Waals surface area contributed by atoms with Crippen molar-refractivity contribution < 1.29 is 15.0 Å². The van der Waals surface area contributed by atoms with Gasteiger partial charge in [0.05, 0.1) is 0 Å². The van der Waals surface area contributed by atoms with Gasteiger partial charge in [0.25, 0.3) is 0 Å². The van der Waals surface area contributed by atoms with Crippen LogP contribution in [-0.4, -0.2) is 16.4 Å². The number of hydrogen-bond acceptors (Lipinski definition) is 1. The Morgan fingerprint density at radius 3 is 2.11 bits per heavy atom. The molecule has 1 saturated carbocycles. The third-order valence-electron chi connectivity index (χ3n) is 3.06. The summed E-state index contributed by atoms with van der Waals surface area (Å²) in [4.78, 5) is 8.56. The fourth-order valence-corrected chi connectivity index (χ4v) is 2.08. The van der Waals surface area contributed by atoms with Crippen LogP contribution in [0.2, 0.25) is 5.02 Å². The molecule has 2 rings (SSSR count). The van der Waals surface area contributed by atoms with E-state index in [2.05, 4.69) is 19.9 Å². The molecule has 1 atom stereocenters. The SMILES string of the molecule is CC1(C)CC1C=C(Cl)c1ccc(Cl)cc1.O=C(O)O. The number of carbonyl (C=O) groups is 1. The molecule has 1 aromatic carbocycles. The number of allylic oxidation sites excluding steroid dienone is 1. The molecule has 0 radical (unpaired) electrons. The summed E-state index contributed by atoms with van der Waals surface area (Å²) in [6.07, 6.45) is 1.56. The first kappa shape index (κ1) is 15.9. The molecule has 3 nitrogen and oxygen atoms in total. The molecule has 0 amide bonds. The molecule has 0 spiro atoms. The maximum absolute atomic E-state index is 8.56. The highest BCUT2D eigenvalue weighted by atomic mass is 35.5. The molecule has 1 aliphatic rings. The minimum absolute atomic E-state index is 0.437. The maximum Gasteiger partial charge on any atom is 0.503 e. The van der Waals surface area contributed by atoms with Crippen LogP contribution in [-0.2, 0) is 0 Å². The van der Waals surface area contributed by atoms with Crippen molar-refractivity contribution >= 4 is 34.4 Å². The molecule has 0 heterocycles. The molecule has 0 aromatic heterocycles. The van der Waals surface area contributed by atoms with Crippen LogP contribution in [0.25, 0.3) is 5.03 Å². The average Bonchev–Trinajstić information content (AvgIpc) is 2.85. The van der Waals surface area contributed by atoms with Gasteiger partial charge in [0.2, 0.25) is 0 Å². The number of halogens is 2. The Balaban J connectivity index is 0.000000399. The largest absolute Gasteiger partial charge is 0.503 e. The molecule has 0 bridgehead atoms. The van der Waals surface area contributed by atoms with Crippen LogP contribution in [0.15, 0.2) is 30.3 Å². The minimum Gasteiger partial charge on any atom is -0.450 e. The second-order valence-electron chi connectivity index (χ2n) is 5.10. The summed E-state index contributed by atoms with van der Waals surface area (Å²) in [5.74, 6) is 0.626. The normalized spacial score (nSPS) is 20.2. The van der Waals surface area contributed by atoms with Crippen LogP contribution < -0.4 is 0 Å². The minimum atomic E-state index is -1.83. The molecule has 19 heavy (non-hydrogen) atoms. The van der Waals surface area contributed by atoms with E-state index >= 15 is 0 Å². The zero-order valence-corrected chi connectivity index (χ0v) is 12.2. The van der Waals surface area contributed by atoms with Crippen LogP contribution in [0.5, 0.6) is 0 Å². The van der Waals surface area contributed by atoms with Crippen molar-refractivity contribution in [2.24, 2.45) is 11.3 Å². The van der Waals surface area contributed by atoms with Crippen molar-refractivity contribution in [2.75, 3.05) is 0 Å². The Kier molecular flexibility index (Phi) is 5.27. The topological polar surface area (TPSA) is 57.5 Å². The predicted molar refractivity (Wildman–Crippen MR) is 77.8 cm³/mol. The molecule has 1 aromatic rings. The first-order valence-electron chi connectivity index (χ1n) is 5.77. The highest BCUT2D eigenvalue weighted by molar-refractivity contribution is 6.48. The summed E-state index contributed by atoms with van der Waals surface area (Å²) in [6, 6.07) is 7.64. The molecule has 1 aliphatic carbocycles. The number of benzene rings is 1. The van der Waals surface area contributed by atoms with Crippen molar-refractivity contribution in [3.05, 3.63) is 40.9 Å². The van der Waals surface area contributed by atoms with E-state index < -0.39 is 6.16 Å². The van der Waals surface area contributed by atoms with Gasteiger partial charge in [0.15, 0.2) is 0 Å². The monoisotopic (exact) mass is 302 g/mol. The molecule has 1 unspecified atom stereocenters. The zero-order valence-electron chi connectivity index (χ0n) is 10.7. The summed E-state index contributed by atoms with van der Waals surface area (Å²) < 4.78 is 0. The molecule has 1 fully saturated rings. The van der Waals surface area contributed by atoms with Crippen molar-refractivity contribution in [1.29, 1.82) is 0 Å². The highest BCUT2D eigenvalue weighted by Crippen LogP contribution is 2.53. The number of carboxylic acid groups (broad SMARTS) is 2. The Bertz CT molecular complexity index is 474. The Morgan fingerprint density at radius 2 is 1.74 bits per heavy atom. The van der Waals surface area contributed by atoms with E-state index in [4.69, 9.17) is 38.2 Å². The van der Waals surface area contributed by atoms with Crippen molar-refractivity contribution in [3.8, 4) is 0 Å². The molecule has 2 N–H and O–H groups in total. The van der Waals surface area contributed by atoms with E-state index in [1.54, 1.807) is 0 Å². The summed E-state index contributed by atoms with van der Waals surface area (Å²) in [5, 5.41) is 15.5. The summed E-state index contributed by atoms with van der Waals surface area (Å²) in [5.41, 5.74) is 1.48. The van der Waals surface area contributed by atoms with E-state index in [1.807, 2.05) is 24.3 Å². The summed E-state index contributed by atoms with van der Waals surface area (Å²) in [6.45, 7) is 4.53. The molecule has 104 valence electrons. The smallest absolute Gasteiger partial charge is 0.450 e. The molecule has 5 heteroatoms. The van der Waals surface area contributed by atoms with E-state index in [1.165, 1.54) is 6.42 Å². The summed E-state index contributed by atoms with van der Waals surface area (Å²) in [7, 11) is 0. The van der Waals surface area contributed by atoms with Crippen LogP contribution in [0.3, 0.4) is 0 Å². The Hall–Kier alpha value is -1.19. The van der Waals surface area contributed by atoms with E-state index in [0.29, 0.717) is 11.3 Å². The van der Waals surface area contributed by atoms with Gasteiger partial charge in [-0.25, -0.2) is 4.79 Å². The van der Waals surface area contributed by atoms with Crippen molar-refractivity contribution in [3.63, 3.8) is 0 Å². The van der Waals surface area contributed by atoms with E-state index in [9.17, 15) is 0 Å². The lowest BCUT2D eigenvalue weighted by Gasteiger charge is -2.01. The zero-order chi connectivity index (χ0) is 14.6. The van der Waals surface area contributed by atoms with Gasteiger partial charge in [0.1, 0.15) is 0 Å². The molecular formula is C14H16Cl2O3. The Labute approximate surface area is 122 Å². The average molecular weight is 303 g/mol. The lowest BCUT2D eigenvalue weighted by molar-refractivity contribution is 0.137. The molecule has 0 aliphatic heterocycles. The van der Waals surface area contributed by atoms with Crippen molar-refractivity contribution in [1.82, 2.24) is 0 Å². The van der Waals surface area contributed by atoms with Crippen LogP contribution >= 0.6 is 23.2 Å². The van der Waals surface area contributed by atoms with Gasteiger partial charge in [-0.05, 0) is 35.4 Å². The van der Waals surface area contributed by atoms with Crippen LogP contribution in [0.1, 0.15) is 25.8 Å². The maximum atomic E-state index is 8.56. The predicted octanol–water partition coefficient (Wildman–Crippen LogP) is 5.19. The summed E-state index contributed by atoms with van der Waals surface area (Å²) >= 11 is 12.1. The number of hydrogen-bond donors (Lipinski definition) is 2. The highest BCUT2D eigenvalue weighted by Gasteiger charge is 2.43. The quantitative estimate of drug-likeness (QED) is 0.790. The first-order valence-corrected chi connectivity index (χ1v) is 6.53. The molecule has 0 saturated heterocycles. The lowest BCUT2D eigenvalue weighted by Crippen LogP contribution is -1.87. The first-order chi connectivity index (χ1) is 8.72. The molecular weight excluding hydrogens is 287 g/mol. The third kappa shape index (κ3) is 5.53. The standard InChI is InChI=1S/C13H14Cl2.CH2O3/c1-13(2)8-10(13)7-12(15)9-3-5-11(14)6-4-9;2-1(3)4/h3-7,10H,8H2,1-2H3;(H2,2,3,4). The van der Waals surface area contributed by atoms with Gasteiger partial charge in [0, 0.05) is 10.1 Å². The van der Waals surface area contributed by atoms with Crippen LogP contribution in [0.4, 0.5) is 4.79 Å². The van der Waals surface area contributed by atoms with Crippen molar-refractivity contribution in [2.45, 2.75) is 20.3 Å². The van der Waals surface area contributed by atoms with E-state index in [0.717, 1.165) is 15.6 Å². The van der Waals surface area contributed by atoms with Gasteiger partial charge < -0.3 is 10.2 Å². The van der Waals surface area contributed by atoms with Gasteiger partial charge in [-0.1, -0.05) is 55.3 Å². The van der Waals surface area contributed by atoms with Gasteiger partial charge in [-0.3, -0.25) is 0 Å². The fourth-order valence-electron chi connectivity index (χ4n) is 1.67.